The van der Waals surface area contributed by atoms with E-state index in [-0.39, 0.29) is 12.3 Å². The second kappa shape index (κ2) is 4.62. The molecule has 3 nitrogen and oxygen atoms in total. The molecule has 0 aliphatic carbocycles. The standard InChI is InChI=1S/C8H14F2NO2/c1-5(2)3-6(11)7(13)8(9,10)4-12/h5-7,13H,3,11H2,1-2H3/t6?,7-/m0/s1. The fraction of sp³-hybridized carbons (Fsp3) is 0.875. The largest absolute Gasteiger partial charge is 0.385 e. The van der Waals surface area contributed by atoms with E-state index >= 15 is 0 Å². The van der Waals surface area contributed by atoms with E-state index in [1.54, 1.807) is 13.8 Å². The van der Waals surface area contributed by atoms with E-state index in [9.17, 15) is 13.6 Å². The van der Waals surface area contributed by atoms with E-state index in [4.69, 9.17) is 10.8 Å². The van der Waals surface area contributed by atoms with Gasteiger partial charge in [0.2, 0.25) is 0 Å². The Labute approximate surface area is 75.9 Å². The second-order valence-electron chi connectivity index (χ2n) is 3.46. The number of alkyl halides is 2. The van der Waals surface area contributed by atoms with E-state index in [1.165, 1.54) is 0 Å². The zero-order valence-electron chi connectivity index (χ0n) is 7.63. The predicted molar refractivity (Wildman–Crippen MR) is 44.1 cm³/mol. The number of hydrogen-bond acceptors (Lipinski definition) is 3. The Bertz CT molecular complexity index is 174. The van der Waals surface area contributed by atoms with Crippen LogP contribution in [0.4, 0.5) is 8.78 Å². The summed E-state index contributed by atoms with van der Waals surface area (Å²) in [5.41, 5.74) is 5.27. The summed E-state index contributed by atoms with van der Waals surface area (Å²) in [5.74, 6) is -3.78. The first-order valence-electron chi connectivity index (χ1n) is 4.02. The van der Waals surface area contributed by atoms with E-state index in [0.717, 1.165) is 0 Å². The first-order chi connectivity index (χ1) is 5.81. The minimum atomic E-state index is -3.87. The van der Waals surface area contributed by atoms with Crippen LogP contribution in [0, 0.1) is 5.92 Å². The van der Waals surface area contributed by atoms with Crippen LogP contribution >= 0.6 is 0 Å². The van der Waals surface area contributed by atoms with Crippen LogP contribution in [0.25, 0.3) is 0 Å². The highest BCUT2D eigenvalue weighted by Gasteiger charge is 2.42. The smallest absolute Gasteiger partial charge is 0.339 e. The van der Waals surface area contributed by atoms with Gasteiger partial charge in [-0.15, -0.1) is 0 Å². The van der Waals surface area contributed by atoms with Crippen LogP contribution < -0.4 is 5.73 Å². The Balaban J connectivity index is 4.24. The number of halogens is 2. The lowest BCUT2D eigenvalue weighted by Crippen LogP contribution is -2.48. The van der Waals surface area contributed by atoms with Gasteiger partial charge in [-0.05, 0) is 12.3 Å². The maximum absolute atomic E-state index is 12.5. The van der Waals surface area contributed by atoms with Gasteiger partial charge < -0.3 is 10.8 Å². The fourth-order valence-electron chi connectivity index (χ4n) is 1.00. The fourth-order valence-corrected chi connectivity index (χ4v) is 1.00. The summed E-state index contributed by atoms with van der Waals surface area (Å²) in [6.45, 7) is 3.57. The van der Waals surface area contributed by atoms with Crippen molar-refractivity contribution in [2.45, 2.75) is 38.3 Å². The van der Waals surface area contributed by atoms with Gasteiger partial charge in [-0.2, -0.15) is 8.78 Å². The van der Waals surface area contributed by atoms with Gasteiger partial charge in [-0.25, -0.2) is 0 Å². The Morgan fingerprint density at radius 2 is 2.00 bits per heavy atom. The predicted octanol–water partition coefficient (Wildman–Crippen LogP) is 0.466. The molecular formula is C8H14F2NO2. The molecule has 2 atom stereocenters. The van der Waals surface area contributed by atoms with Gasteiger partial charge in [0, 0.05) is 6.04 Å². The van der Waals surface area contributed by atoms with Gasteiger partial charge in [0.15, 0.2) is 0 Å². The Morgan fingerprint density at radius 3 is 2.31 bits per heavy atom. The molecule has 0 fully saturated rings. The van der Waals surface area contributed by atoms with Crippen molar-refractivity contribution in [3.05, 3.63) is 0 Å². The van der Waals surface area contributed by atoms with Gasteiger partial charge in [0.25, 0.3) is 6.29 Å². The summed E-state index contributed by atoms with van der Waals surface area (Å²) in [4.78, 5) is 9.77. The second-order valence-corrected chi connectivity index (χ2v) is 3.46. The lowest BCUT2D eigenvalue weighted by Gasteiger charge is -2.23. The molecule has 0 aliphatic heterocycles. The molecule has 77 valence electrons. The molecule has 5 heteroatoms. The van der Waals surface area contributed by atoms with Crippen LogP contribution in [0.3, 0.4) is 0 Å². The van der Waals surface area contributed by atoms with Crippen molar-refractivity contribution in [1.29, 1.82) is 0 Å². The third kappa shape index (κ3) is 3.78. The van der Waals surface area contributed by atoms with Crippen LogP contribution in [0.5, 0.6) is 0 Å². The summed E-state index contributed by atoms with van der Waals surface area (Å²) in [6.07, 6.45) is -1.43. The highest BCUT2D eigenvalue weighted by Crippen LogP contribution is 2.20. The number of aliphatic hydroxyl groups is 1. The third-order valence-electron chi connectivity index (χ3n) is 1.66. The molecule has 0 heterocycles. The molecule has 0 aromatic carbocycles. The summed E-state index contributed by atoms with van der Waals surface area (Å²) >= 11 is 0. The van der Waals surface area contributed by atoms with Crippen molar-refractivity contribution in [2.75, 3.05) is 0 Å². The monoisotopic (exact) mass is 194 g/mol. The molecular weight excluding hydrogens is 180 g/mol. The maximum Gasteiger partial charge on any atom is 0.339 e. The highest BCUT2D eigenvalue weighted by atomic mass is 19.3. The molecule has 1 radical (unpaired) electrons. The average molecular weight is 194 g/mol. The molecule has 0 aromatic heterocycles. The Hall–Kier alpha value is -0.550. The van der Waals surface area contributed by atoms with E-state index < -0.39 is 18.1 Å². The molecule has 0 saturated carbocycles. The summed E-state index contributed by atoms with van der Waals surface area (Å²) < 4.78 is 25.0. The number of hydrogen-bond donors (Lipinski definition) is 2. The Kier molecular flexibility index (Phi) is 4.43. The van der Waals surface area contributed by atoms with Gasteiger partial charge in [0.1, 0.15) is 6.10 Å². The molecule has 0 aromatic rings. The molecule has 0 spiro atoms. The third-order valence-corrected chi connectivity index (χ3v) is 1.66. The van der Waals surface area contributed by atoms with Crippen molar-refractivity contribution in [1.82, 2.24) is 0 Å². The summed E-state index contributed by atoms with van der Waals surface area (Å²) in [6, 6.07) is -1.10. The van der Waals surface area contributed by atoms with E-state index in [1.807, 2.05) is 0 Å². The summed E-state index contributed by atoms with van der Waals surface area (Å²) in [7, 11) is 0. The number of carbonyl (C=O) groups excluding carboxylic acids is 1. The van der Waals surface area contributed by atoms with Gasteiger partial charge in [-0.3, -0.25) is 4.79 Å². The van der Waals surface area contributed by atoms with Crippen LogP contribution in [0.15, 0.2) is 0 Å². The SMILES string of the molecule is CC(C)CC(N)[C@H](O)C(F)(F)[C]=O. The normalized spacial score (nSPS) is 17.2. The molecule has 3 N–H and O–H groups in total. The number of nitrogens with two attached hydrogens (primary N) is 1. The molecule has 13 heavy (non-hydrogen) atoms. The zero-order valence-corrected chi connectivity index (χ0v) is 7.63. The Morgan fingerprint density at radius 1 is 1.54 bits per heavy atom. The molecule has 1 unspecified atom stereocenters. The first-order valence-corrected chi connectivity index (χ1v) is 4.02. The van der Waals surface area contributed by atoms with Crippen molar-refractivity contribution in [3.8, 4) is 0 Å². The number of aliphatic hydroxyl groups excluding tert-OH is 1. The van der Waals surface area contributed by atoms with Crippen LogP contribution in [0.2, 0.25) is 0 Å². The zero-order chi connectivity index (χ0) is 10.6. The maximum atomic E-state index is 12.5. The topological polar surface area (TPSA) is 63.3 Å². The van der Waals surface area contributed by atoms with Crippen LogP contribution in [0.1, 0.15) is 20.3 Å². The van der Waals surface area contributed by atoms with Crippen molar-refractivity contribution < 1.29 is 18.7 Å². The van der Waals surface area contributed by atoms with Gasteiger partial charge in [0.05, 0.1) is 0 Å². The number of rotatable bonds is 5. The van der Waals surface area contributed by atoms with Crippen LogP contribution in [-0.2, 0) is 4.79 Å². The quantitative estimate of drug-likeness (QED) is 0.668. The molecule has 0 bridgehead atoms. The van der Waals surface area contributed by atoms with Crippen molar-refractivity contribution >= 4 is 6.29 Å². The van der Waals surface area contributed by atoms with E-state index in [0.29, 0.717) is 6.29 Å². The highest BCUT2D eigenvalue weighted by molar-refractivity contribution is 5.61. The average Bonchev–Trinajstić information content (AvgIpc) is 2.01. The lowest BCUT2D eigenvalue weighted by molar-refractivity contribution is -0.0679. The minimum Gasteiger partial charge on any atom is -0.385 e. The van der Waals surface area contributed by atoms with Crippen molar-refractivity contribution in [2.24, 2.45) is 11.7 Å². The summed E-state index contributed by atoms with van der Waals surface area (Å²) in [5, 5.41) is 8.96. The lowest BCUT2D eigenvalue weighted by atomic mass is 9.97. The minimum absolute atomic E-state index is 0.0899. The van der Waals surface area contributed by atoms with Crippen molar-refractivity contribution in [3.63, 3.8) is 0 Å². The molecule has 0 aliphatic rings. The molecule has 0 rings (SSSR count). The molecule has 0 saturated heterocycles. The van der Waals surface area contributed by atoms with Crippen LogP contribution in [-0.4, -0.2) is 29.5 Å². The van der Waals surface area contributed by atoms with Gasteiger partial charge in [-0.1, -0.05) is 13.8 Å². The first kappa shape index (κ1) is 12.4. The molecule has 0 amide bonds. The van der Waals surface area contributed by atoms with Gasteiger partial charge >= 0.3 is 5.92 Å². The van der Waals surface area contributed by atoms with E-state index in [2.05, 4.69) is 0 Å².